The lowest BCUT2D eigenvalue weighted by atomic mass is 10.0. The van der Waals surface area contributed by atoms with Crippen molar-refractivity contribution in [3.8, 4) is 0 Å². The van der Waals surface area contributed by atoms with Crippen LogP contribution in [0.1, 0.15) is 24.5 Å². The lowest BCUT2D eigenvalue weighted by Gasteiger charge is -2.34. The highest BCUT2D eigenvalue weighted by molar-refractivity contribution is 7.92. The van der Waals surface area contributed by atoms with Crippen molar-refractivity contribution in [3.05, 3.63) is 130 Å². The van der Waals surface area contributed by atoms with Crippen LogP contribution in [0.25, 0.3) is 0 Å². The number of amides is 2. The first-order valence-corrected chi connectivity index (χ1v) is 16.2. The Morgan fingerprint density at radius 1 is 0.864 bits per heavy atom. The predicted octanol–water partition coefficient (Wildman–Crippen LogP) is 6.49. The molecule has 0 heterocycles. The number of benzene rings is 4. The van der Waals surface area contributed by atoms with Gasteiger partial charge < -0.3 is 10.2 Å². The Bertz CT molecular complexity index is 1670. The average molecular weight is 657 g/mol. The summed E-state index contributed by atoms with van der Waals surface area (Å²) in [6.45, 7) is 1.63. The zero-order chi connectivity index (χ0) is 31.7. The zero-order valence-electron chi connectivity index (χ0n) is 24.0. The van der Waals surface area contributed by atoms with Crippen LogP contribution in [-0.2, 0) is 32.6 Å². The number of anilines is 1. The molecule has 4 aromatic rings. The first-order chi connectivity index (χ1) is 21.1. The molecule has 4 rings (SSSR count). The number of carbonyl (C=O) groups is 2. The summed E-state index contributed by atoms with van der Waals surface area (Å²) < 4.78 is 42.9. The van der Waals surface area contributed by atoms with E-state index in [4.69, 9.17) is 23.2 Å². The molecule has 1 N–H and O–H groups in total. The summed E-state index contributed by atoms with van der Waals surface area (Å²) in [6, 6.07) is 26.1. The fourth-order valence-electron chi connectivity index (χ4n) is 4.60. The van der Waals surface area contributed by atoms with E-state index in [0.29, 0.717) is 23.6 Å². The van der Waals surface area contributed by atoms with Crippen molar-refractivity contribution in [1.82, 2.24) is 10.2 Å². The van der Waals surface area contributed by atoms with Crippen molar-refractivity contribution in [3.63, 3.8) is 0 Å². The monoisotopic (exact) mass is 655 g/mol. The van der Waals surface area contributed by atoms with Crippen molar-refractivity contribution in [2.45, 2.75) is 37.2 Å². The normalized spacial score (nSPS) is 11.9. The number of rotatable bonds is 13. The molecule has 0 saturated heterocycles. The molecule has 4 aromatic carbocycles. The van der Waals surface area contributed by atoms with Crippen LogP contribution < -0.4 is 9.62 Å². The lowest BCUT2D eigenvalue weighted by Crippen LogP contribution is -2.53. The second kappa shape index (κ2) is 15.2. The molecule has 0 saturated carbocycles. The predicted molar refractivity (Wildman–Crippen MR) is 172 cm³/mol. The quantitative estimate of drug-likeness (QED) is 0.178. The van der Waals surface area contributed by atoms with Crippen LogP contribution in [0, 0.1) is 5.82 Å². The maximum Gasteiger partial charge on any atom is 0.264 e. The van der Waals surface area contributed by atoms with Crippen molar-refractivity contribution >= 4 is 50.7 Å². The van der Waals surface area contributed by atoms with Gasteiger partial charge in [0.25, 0.3) is 10.0 Å². The summed E-state index contributed by atoms with van der Waals surface area (Å²) in [5.41, 5.74) is 1.50. The molecule has 44 heavy (non-hydrogen) atoms. The molecule has 230 valence electrons. The highest BCUT2D eigenvalue weighted by Gasteiger charge is 2.34. The highest BCUT2D eigenvalue weighted by atomic mass is 35.5. The standard InChI is InChI=1S/C33H32Cl2FN3O4S/c1-2-19-37-33(41)31(20-24-9-5-3-6-10-24)38(22-25-13-15-26(34)16-14-25)32(40)23-39(27-17-18-30(36)29(35)21-27)44(42,43)28-11-7-4-8-12-28/h3-18,21,31H,2,19-20,22-23H2,1H3,(H,37,41)/t31-/m0/s1. The Balaban J connectivity index is 1.80. The van der Waals surface area contributed by atoms with E-state index in [0.717, 1.165) is 22.0 Å². The summed E-state index contributed by atoms with van der Waals surface area (Å²) in [6.07, 6.45) is 0.868. The molecule has 0 spiro atoms. The van der Waals surface area contributed by atoms with Gasteiger partial charge in [-0.3, -0.25) is 13.9 Å². The minimum absolute atomic E-state index is 0.00353. The van der Waals surface area contributed by atoms with Gasteiger partial charge in [0.05, 0.1) is 15.6 Å². The van der Waals surface area contributed by atoms with Gasteiger partial charge in [-0.15, -0.1) is 0 Å². The molecule has 11 heteroatoms. The fourth-order valence-corrected chi connectivity index (χ4v) is 6.32. The topological polar surface area (TPSA) is 86.8 Å². The molecule has 0 aromatic heterocycles. The van der Waals surface area contributed by atoms with Crippen LogP contribution >= 0.6 is 23.2 Å². The first-order valence-electron chi connectivity index (χ1n) is 14.0. The van der Waals surface area contributed by atoms with E-state index < -0.39 is 34.3 Å². The Morgan fingerprint density at radius 3 is 2.11 bits per heavy atom. The smallest absolute Gasteiger partial charge is 0.264 e. The highest BCUT2D eigenvalue weighted by Crippen LogP contribution is 2.28. The number of hydrogen-bond acceptors (Lipinski definition) is 4. The molecule has 0 aliphatic rings. The summed E-state index contributed by atoms with van der Waals surface area (Å²) in [5.74, 6) is -1.76. The van der Waals surface area contributed by atoms with E-state index in [1.54, 1.807) is 42.5 Å². The Kier molecular flexibility index (Phi) is 11.4. The Hall–Kier alpha value is -3.92. The molecule has 0 unspecified atom stereocenters. The SMILES string of the molecule is CCCNC(=O)[C@H](Cc1ccccc1)N(Cc1ccc(Cl)cc1)C(=O)CN(c1ccc(F)c(Cl)c1)S(=O)(=O)c1ccccc1. The van der Waals surface area contributed by atoms with E-state index in [2.05, 4.69) is 5.32 Å². The lowest BCUT2D eigenvalue weighted by molar-refractivity contribution is -0.140. The minimum atomic E-state index is -4.32. The third-order valence-corrected chi connectivity index (χ3v) is 9.22. The van der Waals surface area contributed by atoms with Gasteiger partial charge in [-0.1, -0.05) is 90.8 Å². The Morgan fingerprint density at radius 2 is 1.50 bits per heavy atom. The van der Waals surface area contributed by atoms with Gasteiger partial charge in [0.1, 0.15) is 18.4 Å². The van der Waals surface area contributed by atoms with Crippen molar-refractivity contribution in [2.24, 2.45) is 0 Å². The average Bonchev–Trinajstić information content (AvgIpc) is 3.03. The van der Waals surface area contributed by atoms with E-state index in [9.17, 15) is 22.4 Å². The molecule has 2 amide bonds. The van der Waals surface area contributed by atoms with Crippen molar-refractivity contribution in [1.29, 1.82) is 0 Å². The van der Waals surface area contributed by atoms with E-state index in [-0.39, 0.29) is 34.5 Å². The minimum Gasteiger partial charge on any atom is -0.354 e. The molecule has 0 aliphatic carbocycles. The maximum absolute atomic E-state index is 14.3. The largest absolute Gasteiger partial charge is 0.354 e. The van der Waals surface area contributed by atoms with Crippen LogP contribution in [0.5, 0.6) is 0 Å². The fraction of sp³-hybridized carbons (Fsp3) is 0.212. The van der Waals surface area contributed by atoms with Gasteiger partial charge in [0.2, 0.25) is 11.8 Å². The van der Waals surface area contributed by atoms with Gasteiger partial charge in [-0.05, 0) is 60.0 Å². The molecule has 0 fully saturated rings. The van der Waals surface area contributed by atoms with Crippen molar-refractivity contribution < 1.29 is 22.4 Å². The molecule has 0 radical (unpaired) electrons. The molecule has 7 nitrogen and oxygen atoms in total. The van der Waals surface area contributed by atoms with Crippen LogP contribution in [0.4, 0.5) is 10.1 Å². The first kappa shape index (κ1) is 33.0. The number of nitrogens with one attached hydrogen (secondary N) is 1. The number of halogens is 3. The number of sulfonamides is 1. The van der Waals surface area contributed by atoms with Gasteiger partial charge in [-0.25, -0.2) is 12.8 Å². The second-order valence-electron chi connectivity index (χ2n) is 10.1. The molecular formula is C33H32Cl2FN3O4S. The summed E-state index contributed by atoms with van der Waals surface area (Å²) >= 11 is 12.2. The number of nitrogens with zero attached hydrogens (tertiary/aromatic N) is 2. The molecule has 0 bridgehead atoms. The van der Waals surface area contributed by atoms with E-state index >= 15 is 0 Å². The van der Waals surface area contributed by atoms with Gasteiger partial charge in [0, 0.05) is 24.5 Å². The van der Waals surface area contributed by atoms with Crippen LogP contribution in [-0.4, -0.2) is 44.3 Å². The van der Waals surface area contributed by atoms with E-state index in [1.165, 1.54) is 23.1 Å². The Labute approximate surface area is 267 Å². The van der Waals surface area contributed by atoms with Crippen LogP contribution in [0.3, 0.4) is 0 Å². The van der Waals surface area contributed by atoms with Gasteiger partial charge in [0.15, 0.2) is 0 Å². The summed E-state index contributed by atoms with van der Waals surface area (Å²) in [4.78, 5) is 29.3. The van der Waals surface area contributed by atoms with Crippen molar-refractivity contribution in [2.75, 3.05) is 17.4 Å². The third-order valence-electron chi connectivity index (χ3n) is 6.89. The van der Waals surface area contributed by atoms with Gasteiger partial charge in [-0.2, -0.15) is 0 Å². The molecular weight excluding hydrogens is 624 g/mol. The maximum atomic E-state index is 14.3. The number of carbonyl (C=O) groups excluding carboxylic acids is 2. The van der Waals surface area contributed by atoms with E-state index in [1.807, 2.05) is 37.3 Å². The zero-order valence-corrected chi connectivity index (χ0v) is 26.3. The van der Waals surface area contributed by atoms with Gasteiger partial charge >= 0.3 is 0 Å². The second-order valence-corrected chi connectivity index (χ2v) is 12.8. The summed E-state index contributed by atoms with van der Waals surface area (Å²) in [5, 5.41) is 3.09. The third kappa shape index (κ3) is 8.37. The molecule has 0 aliphatic heterocycles. The molecule has 1 atom stereocenters. The number of hydrogen-bond donors (Lipinski definition) is 1. The van der Waals surface area contributed by atoms with Crippen LogP contribution in [0.15, 0.2) is 108 Å². The summed E-state index contributed by atoms with van der Waals surface area (Å²) in [7, 11) is -4.32. The van der Waals surface area contributed by atoms with Crippen LogP contribution in [0.2, 0.25) is 10.0 Å².